The molecule has 1 heterocycles. The molecule has 0 bridgehead atoms. The summed E-state index contributed by atoms with van der Waals surface area (Å²) in [6.45, 7) is 3.54. The van der Waals surface area contributed by atoms with Crippen molar-refractivity contribution in [2.24, 2.45) is 0 Å². The Hall–Kier alpha value is -2.37. The second kappa shape index (κ2) is 35.1. The van der Waals surface area contributed by atoms with Crippen LogP contribution >= 0.6 is 0 Å². The van der Waals surface area contributed by atoms with Crippen LogP contribution in [0, 0.1) is 0 Å². The molecule has 1 saturated heterocycles. The van der Waals surface area contributed by atoms with E-state index in [1.165, 1.54) is 32.1 Å². The van der Waals surface area contributed by atoms with Gasteiger partial charge in [-0.2, -0.15) is 0 Å². The van der Waals surface area contributed by atoms with Crippen molar-refractivity contribution in [1.29, 1.82) is 0 Å². The van der Waals surface area contributed by atoms with Crippen LogP contribution in [0.3, 0.4) is 0 Å². The fraction of sp³-hybridized carbons (Fsp3) is 0.711. The van der Waals surface area contributed by atoms with Gasteiger partial charge in [0.2, 0.25) is 5.91 Å². The van der Waals surface area contributed by atoms with Crippen molar-refractivity contribution in [2.75, 3.05) is 13.2 Å². The van der Waals surface area contributed by atoms with E-state index in [1.807, 2.05) is 6.08 Å². The van der Waals surface area contributed by atoms with Crippen LogP contribution in [-0.4, -0.2) is 87.5 Å². The van der Waals surface area contributed by atoms with Crippen molar-refractivity contribution in [3.8, 4) is 0 Å². The van der Waals surface area contributed by atoms with Crippen LogP contribution < -0.4 is 5.32 Å². The van der Waals surface area contributed by atoms with Gasteiger partial charge in [-0.3, -0.25) is 4.79 Å². The topological polar surface area (TPSA) is 149 Å². The first-order chi connectivity index (χ1) is 26.3. The zero-order valence-corrected chi connectivity index (χ0v) is 33.7. The van der Waals surface area contributed by atoms with Gasteiger partial charge in [0.25, 0.3) is 0 Å². The summed E-state index contributed by atoms with van der Waals surface area (Å²) >= 11 is 0. The van der Waals surface area contributed by atoms with Crippen molar-refractivity contribution >= 4 is 5.91 Å². The van der Waals surface area contributed by atoms with E-state index in [2.05, 4.69) is 79.9 Å². The molecule has 1 aliphatic heterocycles. The molecule has 9 heteroatoms. The van der Waals surface area contributed by atoms with Crippen molar-refractivity contribution in [2.45, 2.75) is 192 Å². The molecule has 0 radical (unpaired) electrons. The zero-order chi connectivity index (χ0) is 39.5. The third-order valence-electron chi connectivity index (χ3n) is 9.54. The number of carbonyl (C=O) groups excluding carboxylic acids is 1. The molecular formula is C45H77NO8. The molecule has 1 aliphatic rings. The summed E-state index contributed by atoms with van der Waals surface area (Å²) in [5.74, 6) is -0.194. The summed E-state index contributed by atoms with van der Waals surface area (Å²) in [5, 5.41) is 53.7. The average Bonchev–Trinajstić information content (AvgIpc) is 3.17. The Kier molecular flexibility index (Phi) is 32.2. The number of carbonyl (C=O) groups is 1. The Morgan fingerprint density at radius 3 is 1.70 bits per heavy atom. The van der Waals surface area contributed by atoms with Crippen molar-refractivity contribution in [3.05, 3.63) is 72.9 Å². The van der Waals surface area contributed by atoms with Crippen LogP contribution in [0.15, 0.2) is 72.9 Å². The lowest BCUT2D eigenvalue weighted by molar-refractivity contribution is -0.302. The predicted octanol–water partition coefficient (Wildman–Crippen LogP) is 8.22. The van der Waals surface area contributed by atoms with Gasteiger partial charge in [-0.15, -0.1) is 0 Å². The van der Waals surface area contributed by atoms with E-state index in [0.29, 0.717) is 6.42 Å². The fourth-order valence-corrected chi connectivity index (χ4v) is 6.12. The predicted molar refractivity (Wildman–Crippen MR) is 221 cm³/mol. The lowest BCUT2D eigenvalue weighted by Gasteiger charge is -2.40. The largest absolute Gasteiger partial charge is 0.394 e. The molecule has 9 nitrogen and oxygen atoms in total. The smallest absolute Gasteiger partial charge is 0.220 e. The molecule has 0 aromatic carbocycles. The molecule has 0 spiro atoms. The molecule has 6 N–H and O–H groups in total. The number of aliphatic hydroxyl groups is 5. The summed E-state index contributed by atoms with van der Waals surface area (Å²) in [4.78, 5) is 12.8. The van der Waals surface area contributed by atoms with Crippen molar-refractivity contribution < 1.29 is 39.8 Å². The van der Waals surface area contributed by atoms with Crippen LogP contribution in [0.25, 0.3) is 0 Å². The maximum Gasteiger partial charge on any atom is 0.220 e. The fourth-order valence-electron chi connectivity index (χ4n) is 6.12. The van der Waals surface area contributed by atoms with Gasteiger partial charge in [0.1, 0.15) is 24.4 Å². The van der Waals surface area contributed by atoms with E-state index < -0.39 is 49.5 Å². The molecule has 310 valence electrons. The first kappa shape index (κ1) is 49.6. The Bertz CT molecular complexity index is 1070. The average molecular weight is 760 g/mol. The third kappa shape index (κ3) is 25.7. The highest BCUT2D eigenvalue weighted by Gasteiger charge is 2.44. The second-order valence-electron chi connectivity index (χ2n) is 14.4. The Labute approximate surface area is 328 Å². The third-order valence-corrected chi connectivity index (χ3v) is 9.54. The lowest BCUT2D eigenvalue weighted by atomic mass is 9.99. The van der Waals surface area contributed by atoms with Crippen LogP contribution in [0.5, 0.6) is 0 Å². The van der Waals surface area contributed by atoms with E-state index in [-0.39, 0.29) is 12.5 Å². The van der Waals surface area contributed by atoms with Gasteiger partial charge < -0.3 is 40.3 Å². The number of ether oxygens (including phenoxy) is 2. The Balaban J connectivity index is 2.22. The summed E-state index contributed by atoms with van der Waals surface area (Å²) in [6, 6.07) is -0.808. The first-order valence-electron chi connectivity index (χ1n) is 21.2. The lowest BCUT2D eigenvalue weighted by Crippen LogP contribution is -2.60. The van der Waals surface area contributed by atoms with Gasteiger partial charge in [0.15, 0.2) is 6.29 Å². The number of hydrogen-bond donors (Lipinski definition) is 6. The van der Waals surface area contributed by atoms with E-state index in [1.54, 1.807) is 6.08 Å². The van der Waals surface area contributed by atoms with Gasteiger partial charge in [-0.1, -0.05) is 151 Å². The number of rotatable bonds is 33. The molecular weight excluding hydrogens is 682 g/mol. The highest BCUT2D eigenvalue weighted by atomic mass is 16.7. The van der Waals surface area contributed by atoms with Crippen LogP contribution in [0.1, 0.15) is 149 Å². The first-order valence-corrected chi connectivity index (χ1v) is 21.2. The van der Waals surface area contributed by atoms with E-state index in [0.717, 1.165) is 96.3 Å². The van der Waals surface area contributed by atoms with Gasteiger partial charge in [0, 0.05) is 6.42 Å². The Morgan fingerprint density at radius 1 is 0.648 bits per heavy atom. The maximum absolute atomic E-state index is 12.8. The van der Waals surface area contributed by atoms with Crippen molar-refractivity contribution in [3.63, 3.8) is 0 Å². The highest BCUT2D eigenvalue weighted by molar-refractivity contribution is 5.76. The monoisotopic (exact) mass is 760 g/mol. The van der Waals surface area contributed by atoms with Gasteiger partial charge in [-0.25, -0.2) is 0 Å². The minimum atomic E-state index is -1.57. The minimum absolute atomic E-state index is 0.194. The molecule has 0 aliphatic carbocycles. The number of aliphatic hydroxyl groups excluding tert-OH is 5. The van der Waals surface area contributed by atoms with Crippen LogP contribution in [0.4, 0.5) is 0 Å². The molecule has 7 unspecified atom stereocenters. The number of hydrogen-bond acceptors (Lipinski definition) is 8. The number of unbranched alkanes of at least 4 members (excludes halogenated alkanes) is 13. The molecule has 1 amide bonds. The van der Waals surface area contributed by atoms with Crippen LogP contribution in [-0.2, 0) is 14.3 Å². The van der Waals surface area contributed by atoms with Gasteiger partial charge in [0.05, 0.1) is 25.4 Å². The Morgan fingerprint density at radius 2 is 1.15 bits per heavy atom. The van der Waals surface area contributed by atoms with E-state index in [4.69, 9.17) is 9.47 Å². The van der Waals surface area contributed by atoms with Crippen LogP contribution in [0.2, 0.25) is 0 Å². The summed E-state index contributed by atoms with van der Waals surface area (Å²) in [5.41, 5.74) is 0. The second-order valence-corrected chi connectivity index (χ2v) is 14.4. The maximum atomic E-state index is 12.8. The van der Waals surface area contributed by atoms with E-state index >= 15 is 0 Å². The summed E-state index contributed by atoms with van der Waals surface area (Å²) < 4.78 is 11.1. The minimum Gasteiger partial charge on any atom is -0.394 e. The molecule has 0 saturated carbocycles. The normalized spacial score (nSPS) is 22.2. The number of amides is 1. The highest BCUT2D eigenvalue weighted by Crippen LogP contribution is 2.22. The standard InChI is InChI=1S/C45H77NO8/c1-3-5-7-9-11-12-13-14-15-16-17-18-19-20-21-22-23-24-25-26-27-28-29-31-33-35-41(49)46-38(39(48)34-32-30-10-8-6-4-2)37-53-45-44(52)43(51)42(50)40(36-47)54-45/h5,7,11-12,14-15,17-18,20-21,32,34,38-40,42-45,47-48,50-52H,3-4,6,8-10,13,16,19,22-31,33,35-37H2,1-2H3,(H,46,49)/b7-5-,12-11-,15-14-,18-17-,21-20-,34-32+. The molecule has 1 rings (SSSR count). The molecule has 0 aromatic heterocycles. The SMILES string of the molecule is CC/C=C\C/C=C\C/C=C\C/C=C\C/C=C\CCCCCCCCCCCC(=O)NC(COC1OC(CO)C(O)C(O)C1O)C(O)/C=C/CCCCCC. The van der Waals surface area contributed by atoms with Gasteiger partial charge >= 0.3 is 0 Å². The van der Waals surface area contributed by atoms with Gasteiger partial charge in [-0.05, 0) is 64.2 Å². The number of allylic oxidation sites excluding steroid dienone is 11. The zero-order valence-electron chi connectivity index (χ0n) is 33.7. The summed E-state index contributed by atoms with van der Waals surface area (Å²) in [7, 11) is 0. The van der Waals surface area contributed by atoms with E-state index in [9.17, 15) is 30.3 Å². The van der Waals surface area contributed by atoms with Crippen molar-refractivity contribution in [1.82, 2.24) is 5.32 Å². The molecule has 1 fully saturated rings. The summed E-state index contributed by atoms with van der Waals surface area (Å²) in [6.07, 6.45) is 39.8. The molecule has 0 aromatic rings. The molecule has 7 atom stereocenters. The molecule has 54 heavy (non-hydrogen) atoms. The number of nitrogens with one attached hydrogen (secondary N) is 1. The quantitative estimate of drug-likeness (QED) is 0.0290.